The first-order valence-corrected chi connectivity index (χ1v) is 9.77. The number of carbonyl (C=O) groups excluding carboxylic acids is 1. The molecule has 0 atom stereocenters. The van der Waals surface area contributed by atoms with Crippen molar-refractivity contribution in [3.8, 4) is 23.3 Å². The van der Waals surface area contributed by atoms with Gasteiger partial charge in [-0.15, -0.1) is 0 Å². The number of carbonyl (C=O) groups is 1. The molecule has 0 saturated heterocycles. The minimum Gasteiger partial charge on any atom is -0.488 e. The standard InChI is InChI=1S/C21H19IN2O4/c1-13(2)24-21(25)16(10-23)7-14-3-5-18(17(22)8-14)26-11-15-4-6-19-20(9-15)28-12-27-19/h3-9,13H,11-12H2,1-2H3,(H,24,25)/b16-7-. The van der Waals surface area contributed by atoms with Gasteiger partial charge in [0, 0.05) is 6.04 Å². The van der Waals surface area contributed by atoms with Crippen LogP contribution >= 0.6 is 22.6 Å². The van der Waals surface area contributed by atoms with E-state index in [1.54, 1.807) is 6.08 Å². The second kappa shape index (κ2) is 8.97. The van der Waals surface area contributed by atoms with Gasteiger partial charge in [0.15, 0.2) is 11.5 Å². The number of nitrogens with one attached hydrogen (secondary N) is 1. The van der Waals surface area contributed by atoms with Gasteiger partial charge in [0.05, 0.1) is 3.57 Å². The van der Waals surface area contributed by atoms with E-state index in [0.29, 0.717) is 6.61 Å². The van der Waals surface area contributed by atoms with Crippen LogP contribution < -0.4 is 19.5 Å². The van der Waals surface area contributed by atoms with E-state index in [1.165, 1.54) is 0 Å². The normalized spacial score (nSPS) is 12.6. The quantitative estimate of drug-likeness (QED) is 0.376. The van der Waals surface area contributed by atoms with Crippen LogP contribution in [0.4, 0.5) is 0 Å². The summed E-state index contributed by atoms with van der Waals surface area (Å²) in [5.74, 6) is 1.81. The fraction of sp³-hybridized carbons (Fsp3) is 0.238. The van der Waals surface area contributed by atoms with Crippen molar-refractivity contribution in [2.45, 2.75) is 26.5 Å². The first-order chi connectivity index (χ1) is 13.5. The van der Waals surface area contributed by atoms with Gasteiger partial charge in [0.2, 0.25) is 6.79 Å². The lowest BCUT2D eigenvalue weighted by Crippen LogP contribution is -2.30. The van der Waals surface area contributed by atoms with Gasteiger partial charge in [-0.25, -0.2) is 0 Å². The van der Waals surface area contributed by atoms with Gasteiger partial charge in [-0.1, -0.05) is 12.1 Å². The summed E-state index contributed by atoms with van der Waals surface area (Å²) in [7, 11) is 0. The smallest absolute Gasteiger partial charge is 0.262 e. The van der Waals surface area contributed by atoms with Crippen LogP contribution in [-0.4, -0.2) is 18.7 Å². The third-order valence-corrected chi connectivity index (χ3v) is 4.73. The molecular weight excluding hydrogens is 471 g/mol. The topological polar surface area (TPSA) is 80.6 Å². The van der Waals surface area contributed by atoms with Crippen molar-refractivity contribution in [3.63, 3.8) is 0 Å². The fourth-order valence-electron chi connectivity index (χ4n) is 2.57. The zero-order valence-electron chi connectivity index (χ0n) is 15.5. The minimum atomic E-state index is -0.379. The number of fused-ring (bicyclic) bond motifs is 1. The van der Waals surface area contributed by atoms with Gasteiger partial charge < -0.3 is 19.5 Å². The van der Waals surface area contributed by atoms with E-state index >= 15 is 0 Å². The SMILES string of the molecule is CC(C)NC(=O)/C(C#N)=C\c1ccc(OCc2ccc3c(c2)OCO3)c(I)c1. The molecule has 0 aromatic heterocycles. The lowest BCUT2D eigenvalue weighted by Gasteiger charge is -2.10. The number of halogens is 1. The number of amides is 1. The predicted octanol–water partition coefficient (Wildman–Crippen LogP) is 4.03. The predicted molar refractivity (Wildman–Crippen MR) is 113 cm³/mol. The third kappa shape index (κ3) is 4.95. The Bertz CT molecular complexity index is 963. The van der Waals surface area contributed by atoms with E-state index in [1.807, 2.05) is 56.3 Å². The molecule has 0 bridgehead atoms. The second-order valence-corrected chi connectivity index (χ2v) is 7.63. The summed E-state index contributed by atoms with van der Waals surface area (Å²) in [6.07, 6.45) is 1.57. The molecular formula is C21H19IN2O4. The molecule has 28 heavy (non-hydrogen) atoms. The molecule has 6 nitrogen and oxygen atoms in total. The van der Waals surface area contributed by atoms with E-state index in [4.69, 9.17) is 14.2 Å². The van der Waals surface area contributed by atoms with Gasteiger partial charge in [-0.2, -0.15) is 5.26 Å². The number of rotatable bonds is 6. The molecule has 0 aliphatic carbocycles. The Morgan fingerprint density at radius 2 is 2.07 bits per heavy atom. The molecule has 144 valence electrons. The van der Waals surface area contributed by atoms with Crippen LogP contribution in [0.5, 0.6) is 17.2 Å². The van der Waals surface area contributed by atoms with Crippen LogP contribution in [0.2, 0.25) is 0 Å². The van der Waals surface area contributed by atoms with Gasteiger partial charge in [-0.3, -0.25) is 4.79 Å². The molecule has 3 rings (SSSR count). The number of hydrogen-bond donors (Lipinski definition) is 1. The highest BCUT2D eigenvalue weighted by Crippen LogP contribution is 2.33. The Morgan fingerprint density at radius 1 is 1.29 bits per heavy atom. The van der Waals surface area contributed by atoms with Gasteiger partial charge >= 0.3 is 0 Å². The van der Waals surface area contributed by atoms with Crippen molar-refractivity contribution in [3.05, 3.63) is 56.7 Å². The van der Waals surface area contributed by atoms with Crippen molar-refractivity contribution in [1.82, 2.24) is 5.32 Å². The molecule has 1 aliphatic heterocycles. The Morgan fingerprint density at radius 3 is 2.79 bits per heavy atom. The maximum Gasteiger partial charge on any atom is 0.262 e. The molecule has 2 aromatic carbocycles. The third-order valence-electron chi connectivity index (χ3n) is 3.88. The fourth-order valence-corrected chi connectivity index (χ4v) is 3.27. The van der Waals surface area contributed by atoms with Crippen molar-refractivity contribution >= 4 is 34.6 Å². The Balaban J connectivity index is 1.69. The Hall–Kier alpha value is -2.73. The summed E-state index contributed by atoms with van der Waals surface area (Å²) in [5.41, 5.74) is 1.80. The number of hydrogen-bond acceptors (Lipinski definition) is 5. The Kier molecular flexibility index (Phi) is 6.41. The average Bonchev–Trinajstić information content (AvgIpc) is 3.12. The molecule has 0 spiro atoms. The number of nitriles is 1. The van der Waals surface area contributed by atoms with Crippen LogP contribution in [-0.2, 0) is 11.4 Å². The average molecular weight is 490 g/mol. The Labute approximate surface area is 177 Å². The summed E-state index contributed by atoms with van der Waals surface area (Å²) in [6.45, 7) is 4.33. The molecule has 1 N–H and O–H groups in total. The molecule has 2 aromatic rings. The van der Waals surface area contributed by atoms with Gasteiger partial charge in [0.25, 0.3) is 5.91 Å². The van der Waals surface area contributed by atoms with Crippen molar-refractivity contribution in [2.24, 2.45) is 0 Å². The molecule has 1 aliphatic rings. The van der Waals surface area contributed by atoms with Crippen LogP contribution in [0.15, 0.2) is 42.0 Å². The van der Waals surface area contributed by atoms with Crippen LogP contribution in [0.3, 0.4) is 0 Å². The van der Waals surface area contributed by atoms with Gasteiger partial charge in [-0.05, 0) is 77.9 Å². The van der Waals surface area contributed by atoms with E-state index in [0.717, 1.165) is 31.9 Å². The van der Waals surface area contributed by atoms with E-state index in [9.17, 15) is 10.1 Å². The summed E-state index contributed by atoms with van der Waals surface area (Å²) >= 11 is 2.17. The number of benzene rings is 2. The first-order valence-electron chi connectivity index (χ1n) is 8.70. The minimum absolute atomic E-state index is 0.0312. The van der Waals surface area contributed by atoms with E-state index < -0.39 is 0 Å². The monoisotopic (exact) mass is 490 g/mol. The number of ether oxygens (including phenoxy) is 3. The first kappa shape index (κ1) is 20.0. The van der Waals surface area contributed by atoms with E-state index in [-0.39, 0.29) is 24.3 Å². The highest BCUT2D eigenvalue weighted by atomic mass is 127. The lowest BCUT2D eigenvalue weighted by molar-refractivity contribution is -0.117. The molecule has 0 radical (unpaired) electrons. The molecule has 7 heteroatoms. The van der Waals surface area contributed by atoms with Crippen LogP contribution in [0.25, 0.3) is 6.08 Å². The summed E-state index contributed by atoms with van der Waals surface area (Å²) in [6, 6.07) is 13.1. The van der Waals surface area contributed by atoms with Crippen LogP contribution in [0, 0.1) is 14.9 Å². The second-order valence-electron chi connectivity index (χ2n) is 6.46. The lowest BCUT2D eigenvalue weighted by atomic mass is 10.1. The maximum absolute atomic E-state index is 12.0. The van der Waals surface area contributed by atoms with E-state index in [2.05, 4.69) is 27.9 Å². The van der Waals surface area contributed by atoms with Gasteiger partial charge in [0.1, 0.15) is 24.0 Å². The summed E-state index contributed by atoms with van der Waals surface area (Å²) < 4.78 is 17.5. The molecule has 0 fully saturated rings. The molecule has 0 saturated carbocycles. The zero-order valence-corrected chi connectivity index (χ0v) is 17.6. The maximum atomic E-state index is 12.0. The zero-order chi connectivity index (χ0) is 20.1. The summed E-state index contributed by atoms with van der Waals surface area (Å²) in [5, 5.41) is 12.0. The molecule has 1 heterocycles. The number of nitrogens with zero attached hydrogens (tertiary/aromatic N) is 1. The van der Waals surface area contributed by atoms with Crippen molar-refractivity contribution in [1.29, 1.82) is 5.26 Å². The van der Waals surface area contributed by atoms with Crippen molar-refractivity contribution < 1.29 is 19.0 Å². The molecule has 0 unspecified atom stereocenters. The highest BCUT2D eigenvalue weighted by molar-refractivity contribution is 14.1. The van der Waals surface area contributed by atoms with Crippen LogP contribution in [0.1, 0.15) is 25.0 Å². The molecule has 1 amide bonds. The van der Waals surface area contributed by atoms with Crippen molar-refractivity contribution in [2.75, 3.05) is 6.79 Å². The largest absolute Gasteiger partial charge is 0.488 e. The summed E-state index contributed by atoms with van der Waals surface area (Å²) in [4.78, 5) is 12.0. The highest BCUT2D eigenvalue weighted by Gasteiger charge is 2.14.